The van der Waals surface area contributed by atoms with Crippen LogP contribution in [0.25, 0.3) is 0 Å². The predicted molar refractivity (Wildman–Crippen MR) is 72.7 cm³/mol. The van der Waals surface area contributed by atoms with Crippen molar-refractivity contribution < 1.29 is 11.0 Å². The van der Waals surface area contributed by atoms with Gasteiger partial charge in [0.15, 0.2) is 5.78 Å². The maximum atomic E-state index is 12.1. The number of rotatable bonds is 0. The van der Waals surface area contributed by atoms with Crippen molar-refractivity contribution >= 4 is 72.9 Å². The first kappa shape index (κ1) is 15.7. The van der Waals surface area contributed by atoms with E-state index in [-0.39, 0.29) is 74.3 Å². The molecule has 0 unspecified atom stereocenters. The molecule has 0 heterocycles. The summed E-state index contributed by atoms with van der Waals surface area (Å²) in [5.41, 5.74) is 1.79. The van der Waals surface area contributed by atoms with Gasteiger partial charge in [0.25, 0.3) is 0 Å². The van der Waals surface area contributed by atoms with Crippen molar-refractivity contribution in [2.24, 2.45) is 0 Å². The Morgan fingerprint density at radius 1 is 0.833 bits per heavy atom. The molecule has 0 amide bonds. The Bertz CT molecular complexity index is 523. The van der Waals surface area contributed by atoms with E-state index in [0.29, 0.717) is 22.3 Å². The molecule has 0 N–H and O–H groups in total. The average molecular weight is 382 g/mol. The van der Waals surface area contributed by atoms with Crippen LogP contribution < -0.4 is 0 Å². The van der Waals surface area contributed by atoms with E-state index in [0.717, 1.165) is 0 Å². The molecule has 0 bridgehead atoms. The van der Waals surface area contributed by atoms with Gasteiger partial charge >= 0.3 is 48.9 Å². The van der Waals surface area contributed by atoms with E-state index >= 15 is 0 Å². The zero-order valence-electron chi connectivity index (χ0n) is 10.5. The van der Waals surface area contributed by atoms with Gasteiger partial charge in [-0.05, 0) is 5.56 Å². The Morgan fingerprint density at radius 2 is 1.39 bits per heavy atom. The van der Waals surface area contributed by atoms with Crippen LogP contribution in [0.5, 0.6) is 0 Å². The van der Waals surface area contributed by atoms with Crippen LogP contribution in [0, 0.1) is 6.07 Å². The summed E-state index contributed by atoms with van der Waals surface area (Å²) >= 11 is 0. The molecule has 2 aromatic carbocycles. The summed E-state index contributed by atoms with van der Waals surface area (Å²) in [6, 6.07) is 14.8. The number of halogens is 1. The maximum Gasteiger partial charge on any atom is 2.00 e. The van der Waals surface area contributed by atoms with Crippen LogP contribution in [0.4, 0.5) is 0 Å². The van der Waals surface area contributed by atoms with Gasteiger partial charge in [0.2, 0.25) is 0 Å². The van der Waals surface area contributed by atoms with Gasteiger partial charge in [0.05, 0.1) is 0 Å². The molecule has 1 aliphatic carbocycles. The van der Waals surface area contributed by atoms with E-state index in [9.17, 15) is 9.59 Å². The zero-order valence-corrected chi connectivity index (χ0v) is 14.7. The largest absolute Gasteiger partial charge is 2.00 e. The standard InChI is InChI=1S/C14H7O2.Ba.ClH.H/c15-13-9-5-1-2-6-10(9)14(16)12-8-4-3-7-11(12)13;;;/h1-7H;;1H;/q-1;+2;;-1. The Morgan fingerprint density at radius 3 is 2.06 bits per heavy atom. The van der Waals surface area contributed by atoms with Crippen molar-refractivity contribution in [3.8, 4) is 0 Å². The first-order valence-electron chi connectivity index (χ1n) is 4.98. The molecule has 4 heteroatoms. The van der Waals surface area contributed by atoms with Gasteiger partial charge in [0.1, 0.15) is 5.78 Å². The molecular formula is C14H9BaClO2. The topological polar surface area (TPSA) is 34.1 Å². The number of hydrogen-bond acceptors (Lipinski definition) is 2. The van der Waals surface area contributed by atoms with Gasteiger partial charge in [-0.3, -0.25) is 4.79 Å². The SMILES string of the molecule is Cl.O=C1c2[c-]cccc2C(=O)c2ccccc21.[Ba+2].[H-]. The second kappa shape index (κ2) is 6.19. The van der Waals surface area contributed by atoms with Gasteiger partial charge in [0, 0.05) is 5.56 Å². The second-order valence-electron chi connectivity index (χ2n) is 3.66. The third-order valence-electron chi connectivity index (χ3n) is 2.74. The predicted octanol–water partition coefficient (Wildman–Crippen LogP) is 2.42. The third kappa shape index (κ3) is 2.37. The van der Waals surface area contributed by atoms with Crippen LogP contribution in [0.1, 0.15) is 33.3 Å². The Balaban J connectivity index is 0.00000108. The molecular weight excluding hydrogens is 373 g/mol. The first-order valence-corrected chi connectivity index (χ1v) is 4.98. The summed E-state index contributed by atoms with van der Waals surface area (Å²) in [5.74, 6) is -0.215. The molecule has 0 aliphatic heterocycles. The number of ketones is 2. The van der Waals surface area contributed by atoms with Crippen LogP contribution in [0.3, 0.4) is 0 Å². The van der Waals surface area contributed by atoms with Crippen molar-refractivity contribution in [2.75, 3.05) is 0 Å². The van der Waals surface area contributed by atoms with Crippen molar-refractivity contribution in [1.82, 2.24) is 0 Å². The van der Waals surface area contributed by atoms with E-state index in [2.05, 4.69) is 6.07 Å². The van der Waals surface area contributed by atoms with Crippen LogP contribution >= 0.6 is 12.4 Å². The molecule has 18 heavy (non-hydrogen) atoms. The van der Waals surface area contributed by atoms with E-state index in [1.807, 2.05) is 0 Å². The monoisotopic (exact) mass is 382 g/mol. The van der Waals surface area contributed by atoms with Gasteiger partial charge < -0.3 is 6.22 Å². The van der Waals surface area contributed by atoms with E-state index in [4.69, 9.17) is 0 Å². The molecule has 2 aromatic rings. The number of benzene rings is 2. The fraction of sp³-hybridized carbons (Fsp3) is 0. The minimum Gasteiger partial charge on any atom is -1.00 e. The number of carbonyl (C=O) groups is 2. The molecule has 2 nitrogen and oxygen atoms in total. The molecule has 0 radical (unpaired) electrons. The molecule has 86 valence electrons. The van der Waals surface area contributed by atoms with Gasteiger partial charge in [-0.15, -0.1) is 36.7 Å². The first-order chi connectivity index (χ1) is 7.79. The maximum absolute atomic E-state index is 12.1. The minimum atomic E-state index is -0.120. The summed E-state index contributed by atoms with van der Waals surface area (Å²) in [6.07, 6.45) is 0. The summed E-state index contributed by atoms with van der Waals surface area (Å²) < 4.78 is 0. The fourth-order valence-electron chi connectivity index (χ4n) is 1.97. The quantitative estimate of drug-likeness (QED) is 0.442. The van der Waals surface area contributed by atoms with E-state index in [1.54, 1.807) is 42.5 Å². The molecule has 1 aliphatic rings. The van der Waals surface area contributed by atoms with E-state index in [1.165, 1.54) is 0 Å². The molecule has 0 saturated heterocycles. The number of fused-ring (bicyclic) bond motifs is 2. The fourth-order valence-corrected chi connectivity index (χ4v) is 1.97. The summed E-state index contributed by atoms with van der Waals surface area (Å²) in [4.78, 5) is 24.2. The van der Waals surface area contributed by atoms with Crippen molar-refractivity contribution in [3.63, 3.8) is 0 Å². The summed E-state index contributed by atoms with van der Waals surface area (Å²) in [6.45, 7) is 0. The average Bonchev–Trinajstić information content (AvgIpc) is 2.36. The second-order valence-corrected chi connectivity index (χ2v) is 3.66. The summed E-state index contributed by atoms with van der Waals surface area (Å²) in [7, 11) is 0. The molecule has 3 rings (SSSR count). The zero-order chi connectivity index (χ0) is 11.1. The van der Waals surface area contributed by atoms with Gasteiger partial charge in [-0.25, -0.2) is 0 Å². The number of hydrogen-bond donors (Lipinski definition) is 0. The molecule has 0 fully saturated rings. The normalized spacial score (nSPS) is 11.8. The Hall–Kier alpha value is -0.359. The molecule has 0 atom stereocenters. The Kier molecular flexibility index (Phi) is 5.40. The van der Waals surface area contributed by atoms with Crippen molar-refractivity contribution in [1.29, 1.82) is 0 Å². The third-order valence-corrected chi connectivity index (χ3v) is 2.74. The Labute approximate surface area is 153 Å². The molecule has 0 saturated carbocycles. The van der Waals surface area contributed by atoms with Crippen LogP contribution in [0.2, 0.25) is 0 Å². The molecule has 0 aromatic heterocycles. The van der Waals surface area contributed by atoms with Gasteiger partial charge in [-0.2, -0.15) is 0 Å². The minimum absolute atomic E-state index is 0. The molecule has 0 spiro atoms. The van der Waals surface area contributed by atoms with Gasteiger partial charge in [-0.1, -0.05) is 35.4 Å². The smallest absolute Gasteiger partial charge is 1.00 e. The van der Waals surface area contributed by atoms with Crippen LogP contribution in [0.15, 0.2) is 42.5 Å². The van der Waals surface area contributed by atoms with Crippen LogP contribution in [-0.2, 0) is 0 Å². The van der Waals surface area contributed by atoms with Crippen molar-refractivity contribution in [2.45, 2.75) is 0 Å². The number of carbonyl (C=O) groups excluding carboxylic acids is 2. The van der Waals surface area contributed by atoms with E-state index < -0.39 is 0 Å². The van der Waals surface area contributed by atoms with Crippen molar-refractivity contribution in [3.05, 3.63) is 70.8 Å². The van der Waals surface area contributed by atoms with Crippen LogP contribution in [-0.4, -0.2) is 60.4 Å². The summed E-state index contributed by atoms with van der Waals surface area (Å²) in [5, 5.41) is 0.